The topological polar surface area (TPSA) is 16.4 Å². The minimum atomic E-state index is 0.910. The van der Waals surface area contributed by atoms with Gasteiger partial charge in [0.15, 0.2) is 0 Å². The van der Waals surface area contributed by atoms with Gasteiger partial charge in [-0.3, -0.25) is 0 Å². The van der Waals surface area contributed by atoms with Gasteiger partial charge < -0.3 is 9.32 Å². The van der Waals surface area contributed by atoms with Crippen LogP contribution in [0.3, 0.4) is 0 Å². The molecule has 2 heteroatoms. The minimum absolute atomic E-state index is 0.910. The number of furan rings is 1. The van der Waals surface area contributed by atoms with Crippen LogP contribution in [-0.2, 0) is 0 Å². The van der Waals surface area contributed by atoms with E-state index in [1.165, 1.54) is 44.2 Å². The van der Waals surface area contributed by atoms with Crippen molar-refractivity contribution in [2.24, 2.45) is 0 Å². The summed E-state index contributed by atoms with van der Waals surface area (Å²) in [5.74, 6) is 0. The third-order valence-corrected chi connectivity index (χ3v) is 11.7. The predicted molar refractivity (Wildman–Crippen MR) is 253 cm³/mol. The Kier molecular flexibility index (Phi) is 8.87. The lowest BCUT2D eigenvalue weighted by molar-refractivity contribution is 0.670. The zero-order valence-corrected chi connectivity index (χ0v) is 32.9. The van der Waals surface area contributed by atoms with Crippen molar-refractivity contribution in [3.63, 3.8) is 0 Å². The Morgan fingerprint density at radius 3 is 1.43 bits per heavy atom. The molecule has 11 aromatic rings. The van der Waals surface area contributed by atoms with Crippen molar-refractivity contribution >= 4 is 49.8 Å². The van der Waals surface area contributed by atoms with Crippen LogP contribution >= 0.6 is 0 Å². The number of rotatable bonds is 8. The van der Waals surface area contributed by atoms with Crippen LogP contribution in [0.4, 0.5) is 17.1 Å². The molecule has 0 aliphatic rings. The van der Waals surface area contributed by atoms with E-state index >= 15 is 0 Å². The van der Waals surface area contributed by atoms with E-state index in [4.69, 9.17) is 4.42 Å². The molecule has 0 saturated heterocycles. The van der Waals surface area contributed by atoms with Gasteiger partial charge in [0.1, 0.15) is 11.2 Å². The molecule has 1 heterocycles. The summed E-state index contributed by atoms with van der Waals surface area (Å²) in [5, 5.41) is 4.78. The quantitative estimate of drug-likeness (QED) is 0.153. The van der Waals surface area contributed by atoms with Crippen molar-refractivity contribution in [3.8, 4) is 55.6 Å². The summed E-state index contributed by atoms with van der Waals surface area (Å²) in [4.78, 5) is 2.36. The number of anilines is 3. The molecule has 0 atom stereocenters. The van der Waals surface area contributed by atoms with E-state index in [-0.39, 0.29) is 0 Å². The SMILES string of the molecule is c1ccc(-c2ccc(-c3ccc(N(c4ccc(-c5cccc6ccccc56)cc4)c4cccc(-c5ccc(-c6cccc7c6oc6ccccc67)cc5)c4)cc3)cc2)cc1. The molecule has 0 unspecified atom stereocenters. The smallest absolute Gasteiger partial charge is 0.143 e. The summed E-state index contributed by atoms with van der Waals surface area (Å²) in [6.45, 7) is 0. The van der Waals surface area contributed by atoms with Crippen LogP contribution < -0.4 is 4.90 Å². The molecule has 0 amide bonds. The van der Waals surface area contributed by atoms with Crippen molar-refractivity contribution in [1.29, 1.82) is 0 Å². The maximum atomic E-state index is 6.38. The van der Waals surface area contributed by atoms with E-state index in [9.17, 15) is 0 Å². The van der Waals surface area contributed by atoms with Crippen LogP contribution in [0.1, 0.15) is 0 Å². The van der Waals surface area contributed by atoms with Crippen LogP contribution in [0.15, 0.2) is 241 Å². The molecule has 2 nitrogen and oxygen atoms in total. The fourth-order valence-electron chi connectivity index (χ4n) is 8.64. The second-order valence-corrected chi connectivity index (χ2v) is 15.3. The first-order valence-electron chi connectivity index (χ1n) is 20.5. The molecule has 282 valence electrons. The highest BCUT2D eigenvalue weighted by Gasteiger charge is 2.16. The number of nitrogens with zero attached hydrogens (tertiary/aromatic N) is 1. The van der Waals surface area contributed by atoms with E-state index in [2.05, 4.69) is 229 Å². The lowest BCUT2D eigenvalue weighted by Crippen LogP contribution is -2.10. The van der Waals surface area contributed by atoms with Crippen LogP contribution in [0, 0.1) is 0 Å². The molecule has 0 N–H and O–H groups in total. The molecule has 0 spiro atoms. The first-order chi connectivity index (χ1) is 29.7. The normalized spacial score (nSPS) is 11.3. The van der Waals surface area contributed by atoms with Crippen molar-refractivity contribution in [1.82, 2.24) is 0 Å². The predicted octanol–water partition coefficient (Wildman–Crippen LogP) is 16.5. The van der Waals surface area contributed by atoms with Crippen LogP contribution in [0.25, 0.3) is 88.3 Å². The molecular formula is C58H39NO. The number of para-hydroxylation sites is 2. The second-order valence-electron chi connectivity index (χ2n) is 15.3. The van der Waals surface area contributed by atoms with E-state index in [1.807, 2.05) is 12.1 Å². The molecule has 60 heavy (non-hydrogen) atoms. The lowest BCUT2D eigenvalue weighted by atomic mass is 9.97. The van der Waals surface area contributed by atoms with Gasteiger partial charge in [0.2, 0.25) is 0 Å². The molecule has 11 rings (SSSR count). The minimum Gasteiger partial charge on any atom is -0.455 e. The summed E-state index contributed by atoms with van der Waals surface area (Å²) in [7, 11) is 0. The molecule has 0 saturated carbocycles. The van der Waals surface area contributed by atoms with Crippen molar-refractivity contribution in [2.45, 2.75) is 0 Å². The van der Waals surface area contributed by atoms with E-state index in [0.717, 1.165) is 61.3 Å². The third-order valence-electron chi connectivity index (χ3n) is 11.7. The largest absolute Gasteiger partial charge is 0.455 e. The average molecular weight is 766 g/mol. The summed E-state index contributed by atoms with van der Waals surface area (Å²) in [6, 6.07) is 84.8. The van der Waals surface area contributed by atoms with E-state index in [0.29, 0.717) is 0 Å². The van der Waals surface area contributed by atoms with Gasteiger partial charge >= 0.3 is 0 Å². The van der Waals surface area contributed by atoms with Crippen molar-refractivity contribution < 1.29 is 4.42 Å². The van der Waals surface area contributed by atoms with Crippen LogP contribution in [0.2, 0.25) is 0 Å². The molecule has 0 fully saturated rings. The Labute approximate surface area is 349 Å². The van der Waals surface area contributed by atoms with Crippen molar-refractivity contribution in [3.05, 3.63) is 237 Å². The zero-order chi connectivity index (χ0) is 39.8. The van der Waals surface area contributed by atoms with E-state index in [1.54, 1.807) is 0 Å². The molecule has 10 aromatic carbocycles. The Morgan fingerprint density at radius 1 is 0.267 bits per heavy atom. The van der Waals surface area contributed by atoms with Gasteiger partial charge in [-0.25, -0.2) is 0 Å². The van der Waals surface area contributed by atoms with Gasteiger partial charge in [0.05, 0.1) is 0 Å². The molecular weight excluding hydrogens is 727 g/mol. The lowest BCUT2D eigenvalue weighted by Gasteiger charge is -2.26. The maximum absolute atomic E-state index is 6.38. The Hall–Kier alpha value is -7.94. The Bertz CT molecular complexity index is 3270. The van der Waals surface area contributed by atoms with Crippen molar-refractivity contribution in [2.75, 3.05) is 4.90 Å². The highest BCUT2D eigenvalue weighted by molar-refractivity contribution is 6.09. The first-order valence-corrected chi connectivity index (χ1v) is 20.5. The number of fused-ring (bicyclic) bond motifs is 4. The molecule has 1 aromatic heterocycles. The van der Waals surface area contributed by atoms with Gasteiger partial charge in [-0.05, 0) is 103 Å². The van der Waals surface area contributed by atoms with Crippen LogP contribution in [0.5, 0.6) is 0 Å². The number of hydrogen-bond donors (Lipinski definition) is 0. The highest BCUT2D eigenvalue weighted by Crippen LogP contribution is 2.41. The Balaban J connectivity index is 0.949. The first kappa shape index (κ1) is 35.2. The average Bonchev–Trinajstić information content (AvgIpc) is 3.72. The highest BCUT2D eigenvalue weighted by atomic mass is 16.3. The maximum Gasteiger partial charge on any atom is 0.143 e. The van der Waals surface area contributed by atoms with E-state index < -0.39 is 0 Å². The number of benzene rings is 10. The fourth-order valence-corrected chi connectivity index (χ4v) is 8.64. The monoisotopic (exact) mass is 765 g/mol. The van der Waals surface area contributed by atoms with Gasteiger partial charge in [-0.1, -0.05) is 194 Å². The van der Waals surface area contributed by atoms with Gasteiger partial charge in [0.25, 0.3) is 0 Å². The van der Waals surface area contributed by atoms with Gasteiger partial charge in [0, 0.05) is 33.4 Å². The van der Waals surface area contributed by atoms with Gasteiger partial charge in [-0.2, -0.15) is 0 Å². The summed E-state index contributed by atoms with van der Waals surface area (Å²) < 4.78 is 6.38. The summed E-state index contributed by atoms with van der Waals surface area (Å²) in [5.41, 5.74) is 16.8. The van der Waals surface area contributed by atoms with Crippen LogP contribution in [-0.4, -0.2) is 0 Å². The standard InChI is InChI=1S/C58H39NO/c1-2-11-40(12-3-1)41-23-25-42(26-24-41)43-31-35-49(36-32-43)59(50-37-33-46(34-38-50)53-19-9-14-45-13-4-5-17-52(45)53)51-16-8-15-48(39-51)44-27-29-47(30-28-44)54-20-10-21-56-55-18-6-7-22-57(55)60-58(54)56/h1-39H. The van der Waals surface area contributed by atoms with Gasteiger partial charge in [-0.15, -0.1) is 0 Å². The third kappa shape index (κ3) is 6.51. The molecule has 0 aliphatic carbocycles. The fraction of sp³-hybridized carbons (Fsp3) is 0. The molecule has 0 aliphatic heterocycles. The molecule has 0 radical (unpaired) electrons. The summed E-state index contributed by atoms with van der Waals surface area (Å²) in [6.07, 6.45) is 0. The Morgan fingerprint density at radius 2 is 0.717 bits per heavy atom. The zero-order valence-electron chi connectivity index (χ0n) is 32.9. The summed E-state index contributed by atoms with van der Waals surface area (Å²) >= 11 is 0. The second kappa shape index (κ2) is 15.1. The molecule has 0 bridgehead atoms. The number of hydrogen-bond acceptors (Lipinski definition) is 2.